The lowest BCUT2D eigenvalue weighted by Crippen LogP contribution is -2.44. The topological polar surface area (TPSA) is 111 Å². The Morgan fingerprint density at radius 1 is 0.875 bits per heavy atom. The Balaban J connectivity index is 2.72. The van der Waals surface area contributed by atoms with Crippen molar-refractivity contribution in [2.75, 3.05) is 25.7 Å². The standard InChI is InChI=1S/C14H22N2O6S2/c1-21-13(19)9-7-23-24-8-10(14(20)22-2)16-12(18)6-4-3-5-11(17)15-9/h9-10H,3-8H2,1-2H3,(H,15,17)(H,16,18)/t9-,10?/m0/s1. The summed E-state index contributed by atoms with van der Waals surface area (Å²) in [5, 5.41) is 5.28. The molecule has 0 radical (unpaired) electrons. The molecule has 0 saturated carbocycles. The number of hydrogen-bond acceptors (Lipinski definition) is 8. The van der Waals surface area contributed by atoms with Crippen molar-refractivity contribution in [3.63, 3.8) is 0 Å². The molecule has 2 atom stereocenters. The highest BCUT2D eigenvalue weighted by atomic mass is 33.1. The molecule has 1 fully saturated rings. The molecule has 1 aliphatic rings. The summed E-state index contributed by atoms with van der Waals surface area (Å²) in [4.78, 5) is 47.1. The van der Waals surface area contributed by atoms with Crippen molar-refractivity contribution in [2.45, 2.75) is 37.8 Å². The van der Waals surface area contributed by atoms with Crippen LogP contribution < -0.4 is 10.6 Å². The molecule has 10 heteroatoms. The largest absolute Gasteiger partial charge is 0.467 e. The summed E-state index contributed by atoms with van der Waals surface area (Å²) in [6.45, 7) is 0. The number of hydrogen-bond donors (Lipinski definition) is 2. The van der Waals surface area contributed by atoms with Gasteiger partial charge in [-0.2, -0.15) is 0 Å². The van der Waals surface area contributed by atoms with Crippen LogP contribution in [0.5, 0.6) is 0 Å². The SMILES string of the molecule is COC(=O)C1CSSC[C@@H](C(=O)OC)NC(=O)CCCCC(=O)N1. The van der Waals surface area contributed by atoms with Crippen LogP contribution in [0.25, 0.3) is 0 Å². The van der Waals surface area contributed by atoms with Crippen LogP contribution in [0.15, 0.2) is 0 Å². The first-order chi connectivity index (χ1) is 11.5. The van der Waals surface area contributed by atoms with Gasteiger partial charge < -0.3 is 20.1 Å². The Hall–Kier alpha value is -1.42. The van der Waals surface area contributed by atoms with E-state index in [0.717, 1.165) is 0 Å². The van der Waals surface area contributed by atoms with Gasteiger partial charge in [0.1, 0.15) is 12.1 Å². The van der Waals surface area contributed by atoms with Gasteiger partial charge in [0.25, 0.3) is 0 Å². The summed E-state index contributed by atoms with van der Waals surface area (Å²) in [5.41, 5.74) is 0. The summed E-state index contributed by atoms with van der Waals surface area (Å²) in [7, 11) is 5.15. The normalized spacial score (nSPS) is 24.1. The van der Waals surface area contributed by atoms with E-state index in [-0.39, 0.29) is 24.7 Å². The van der Waals surface area contributed by atoms with Gasteiger partial charge >= 0.3 is 11.9 Å². The van der Waals surface area contributed by atoms with E-state index in [1.807, 2.05) is 0 Å². The molecule has 0 spiro atoms. The maximum atomic E-state index is 11.8. The molecule has 2 amide bonds. The van der Waals surface area contributed by atoms with Crippen molar-refractivity contribution < 1.29 is 28.7 Å². The number of carbonyl (C=O) groups excluding carboxylic acids is 4. The van der Waals surface area contributed by atoms with Gasteiger partial charge in [-0.3, -0.25) is 9.59 Å². The third kappa shape index (κ3) is 7.43. The van der Waals surface area contributed by atoms with E-state index >= 15 is 0 Å². The van der Waals surface area contributed by atoms with Crippen LogP contribution >= 0.6 is 21.6 Å². The highest BCUT2D eigenvalue weighted by Gasteiger charge is 2.25. The third-order valence-electron chi connectivity index (χ3n) is 3.25. The minimum atomic E-state index is -0.742. The van der Waals surface area contributed by atoms with Crippen LogP contribution in [-0.4, -0.2) is 61.6 Å². The van der Waals surface area contributed by atoms with Crippen molar-refractivity contribution in [3.05, 3.63) is 0 Å². The molecule has 0 aromatic heterocycles. The lowest BCUT2D eigenvalue weighted by Gasteiger charge is -2.19. The van der Waals surface area contributed by atoms with Gasteiger partial charge in [-0.15, -0.1) is 0 Å². The molecule has 24 heavy (non-hydrogen) atoms. The summed E-state index contributed by atoms with van der Waals surface area (Å²) in [5.74, 6) is -0.930. The van der Waals surface area contributed by atoms with Crippen molar-refractivity contribution in [1.82, 2.24) is 10.6 Å². The molecule has 1 rings (SSSR count). The predicted octanol–water partition coefficient (Wildman–Crippen LogP) is 0.257. The Labute approximate surface area is 148 Å². The second-order valence-electron chi connectivity index (χ2n) is 5.06. The number of ether oxygens (including phenoxy) is 2. The van der Waals surface area contributed by atoms with E-state index in [1.54, 1.807) is 0 Å². The van der Waals surface area contributed by atoms with Crippen LogP contribution in [0.4, 0.5) is 0 Å². The minimum Gasteiger partial charge on any atom is -0.467 e. The average Bonchev–Trinajstić information content (AvgIpc) is 2.58. The zero-order valence-electron chi connectivity index (χ0n) is 13.7. The first-order valence-corrected chi connectivity index (χ1v) is 9.95. The monoisotopic (exact) mass is 378 g/mol. The van der Waals surface area contributed by atoms with Crippen molar-refractivity contribution in [3.8, 4) is 0 Å². The van der Waals surface area contributed by atoms with Gasteiger partial charge in [-0.05, 0) is 12.8 Å². The molecular weight excluding hydrogens is 356 g/mol. The van der Waals surface area contributed by atoms with Gasteiger partial charge in [-0.1, -0.05) is 21.6 Å². The first kappa shape index (κ1) is 20.6. The quantitative estimate of drug-likeness (QED) is 0.520. The maximum absolute atomic E-state index is 11.8. The molecule has 0 aromatic carbocycles. The lowest BCUT2D eigenvalue weighted by molar-refractivity contribution is -0.144. The fraction of sp³-hybridized carbons (Fsp3) is 0.714. The van der Waals surface area contributed by atoms with E-state index in [2.05, 4.69) is 10.6 Å². The van der Waals surface area contributed by atoms with E-state index in [9.17, 15) is 19.2 Å². The summed E-state index contributed by atoms with van der Waals surface area (Å²) in [6, 6.07) is -1.48. The highest BCUT2D eigenvalue weighted by molar-refractivity contribution is 8.76. The van der Waals surface area contributed by atoms with Crippen LogP contribution in [0, 0.1) is 0 Å². The Morgan fingerprint density at radius 2 is 1.25 bits per heavy atom. The summed E-state index contributed by atoms with van der Waals surface area (Å²) in [6.07, 6.45) is 1.47. The average molecular weight is 378 g/mol. The van der Waals surface area contributed by atoms with Crippen molar-refractivity contribution >= 4 is 45.3 Å². The third-order valence-corrected chi connectivity index (χ3v) is 5.67. The molecule has 136 valence electrons. The van der Waals surface area contributed by atoms with Crippen LogP contribution in [0.1, 0.15) is 25.7 Å². The van der Waals surface area contributed by atoms with Crippen LogP contribution in [-0.2, 0) is 28.7 Å². The van der Waals surface area contributed by atoms with E-state index in [0.29, 0.717) is 24.3 Å². The Kier molecular flexibility index (Phi) is 9.62. The molecular formula is C14H22N2O6S2. The van der Waals surface area contributed by atoms with Crippen molar-refractivity contribution in [2.24, 2.45) is 0 Å². The maximum Gasteiger partial charge on any atom is 0.329 e. The van der Waals surface area contributed by atoms with E-state index in [1.165, 1.54) is 35.8 Å². The van der Waals surface area contributed by atoms with Gasteiger partial charge in [0, 0.05) is 24.3 Å². The number of nitrogens with one attached hydrogen (secondary N) is 2. The second kappa shape index (κ2) is 11.2. The zero-order valence-corrected chi connectivity index (χ0v) is 15.3. The Morgan fingerprint density at radius 3 is 1.58 bits per heavy atom. The zero-order chi connectivity index (χ0) is 17.9. The second-order valence-corrected chi connectivity index (χ2v) is 7.61. The molecule has 8 nitrogen and oxygen atoms in total. The van der Waals surface area contributed by atoms with Crippen LogP contribution in [0.3, 0.4) is 0 Å². The molecule has 2 N–H and O–H groups in total. The molecule has 0 aromatic rings. The lowest BCUT2D eigenvalue weighted by atomic mass is 10.1. The summed E-state index contributed by atoms with van der Waals surface area (Å²) < 4.78 is 9.38. The highest BCUT2D eigenvalue weighted by Crippen LogP contribution is 2.24. The van der Waals surface area contributed by atoms with Gasteiger partial charge in [0.15, 0.2) is 0 Å². The molecule has 0 bridgehead atoms. The molecule has 1 saturated heterocycles. The number of methoxy groups -OCH3 is 2. The number of rotatable bonds is 2. The van der Waals surface area contributed by atoms with Crippen LogP contribution in [0.2, 0.25) is 0 Å². The molecule has 1 aliphatic heterocycles. The molecule has 1 unspecified atom stereocenters. The fourth-order valence-corrected chi connectivity index (χ4v) is 4.26. The number of esters is 2. The molecule has 0 aliphatic carbocycles. The fourth-order valence-electron chi connectivity index (χ4n) is 1.96. The molecule has 1 heterocycles. The van der Waals surface area contributed by atoms with Gasteiger partial charge in [-0.25, -0.2) is 9.59 Å². The smallest absolute Gasteiger partial charge is 0.329 e. The first-order valence-electron chi connectivity index (χ1n) is 7.46. The summed E-state index contributed by atoms with van der Waals surface area (Å²) >= 11 is 0. The van der Waals surface area contributed by atoms with E-state index in [4.69, 9.17) is 9.47 Å². The predicted molar refractivity (Wildman–Crippen MR) is 91.3 cm³/mol. The number of amides is 2. The Bertz CT molecular complexity index is 432. The number of carbonyl (C=O) groups is 4. The van der Waals surface area contributed by atoms with E-state index < -0.39 is 24.0 Å². The van der Waals surface area contributed by atoms with Gasteiger partial charge in [0.2, 0.25) is 11.8 Å². The van der Waals surface area contributed by atoms with Gasteiger partial charge in [0.05, 0.1) is 14.2 Å². The van der Waals surface area contributed by atoms with Crippen molar-refractivity contribution in [1.29, 1.82) is 0 Å². The minimum absolute atomic E-state index is 0.221.